The number of aryl methyl sites for hydroxylation is 1. The van der Waals surface area contributed by atoms with Gasteiger partial charge in [-0.15, -0.1) is 0 Å². The zero-order valence-corrected chi connectivity index (χ0v) is 32.2. The van der Waals surface area contributed by atoms with E-state index in [0.29, 0.717) is 36.0 Å². The van der Waals surface area contributed by atoms with Gasteiger partial charge in [-0.1, -0.05) is 0 Å². The number of hydrogen-bond donors (Lipinski definition) is 3. The van der Waals surface area contributed by atoms with Crippen LogP contribution < -0.4 is 26.2 Å². The minimum Gasteiger partial charge on any atom is -0.371 e. The van der Waals surface area contributed by atoms with E-state index in [1.54, 1.807) is 29.2 Å². The highest BCUT2D eigenvalue weighted by atomic mass is 16.2. The summed E-state index contributed by atoms with van der Waals surface area (Å²) < 4.78 is 1.70. The van der Waals surface area contributed by atoms with Gasteiger partial charge in [-0.05, 0) is 87.7 Å². The second kappa shape index (κ2) is 16.0. The second-order valence-corrected chi connectivity index (χ2v) is 16.1. The number of piperidine rings is 4. The topological polar surface area (TPSA) is 209 Å². The van der Waals surface area contributed by atoms with E-state index < -0.39 is 35.6 Å². The van der Waals surface area contributed by atoms with Gasteiger partial charge in [0, 0.05) is 76.5 Å². The van der Waals surface area contributed by atoms with Crippen LogP contribution in [0.3, 0.4) is 0 Å². The van der Waals surface area contributed by atoms with Gasteiger partial charge in [0.05, 0.1) is 29.2 Å². The number of benzene rings is 1. The van der Waals surface area contributed by atoms with E-state index in [0.717, 1.165) is 93.9 Å². The van der Waals surface area contributed by atoms with Gasteiger partial charge in [0.2, 0.25) is 17.7 Å². The standard InChI is InChI=1S/C40H49N11O6/c1-47-21-25(19-43-47)17-31-35(36(41)53)42-20-33(45-31)50-12-2-3-27(23-50)44-37(54)26-10-13-48(14-11-26)22-24-8-15-49(16-9-24)28-4-5-29-30(18-28)40(57)51(39(29)56)32-6-7-34(52)46-38(32)55/h4-5,18-21,24,26-27,32H,2-3,6-17,22-23H2,1H3,(H2,41,53)(H,44,54)(H,46,52,55)/t27-,32?/m1/s1. The van der Waals surface area contributed by atoms with E-state index in [1.807, 2.05) is 19.3 Å². The zero-order chi connectivity index (χ0) is 39.8. The maximum absolute atomic E-state index is 13.5. The van der Waals surface area contributed by atoms with Gasteiger partial charge in [0.25, 0.3) is 17.7 Å². The highest BCUT2D eigenvalue weighted by Crippen LogP contribution is 2.33. The molecule has 7 heterocycles. The van der Waals surface area contributed by atoms with Gasteiger partial charge in [0.1, 0.15) is 17.6 Å². The number of rotatable bonds is 10. The summed E-state index contributed by atoms with van der Waals surface area (Å²) in [4.78, 5) is 93.1. The van der Waals surface area contributed by atoms with Crippen molar-refractivity contribution >= 4 is 46.9 Å². The smallest absolute Gasteiger partial charge is 0.269 e. The van der Waals surface area contributed by atoms with E-state index in [-0.39, 0.29) is 42.0 Å². The third-order valence-corrected chi connectivity index (χ3v) is 12.2. The Morgan fingerprint density at radius 1 is 0.912 bits per heavy atom. The van der Waals surface area contributed by atoms with Crippen LogP contribution in [0, 0.1) is 11.8 Å². The Hall–Kier alpha value is -5.71. The molecule has 0 radical (unpaired) electrons. The third-order valence-electron chi connectivity index (χ3n) is 12.2. The normalized spacial score (nSPS) is 22.5. The molecule has 0 spiro atoms. The molecule has 2 aromatic heterocycles. The summed E-state index contributed by atoms with van der Waals surface area (Å²) in [6.45, 7) is 5.78. The number of hydrogen-bond acceptors (Lipinski definition) is 12. The minimum absolute atomic E-state index is 0.0117. The molecule has 0 saturated carbocycles. The SMILES string of the molecule is Cn1cc(Cc2nc(N3CCC[C@@H](NC(=O)C4CCN(CC5CCN(c6ccc7c(c6)C(=O)N(C6CCC(=O)NC6=O)C7=O)CC5)CC4)C3)cnc2C(N)=O)cn1. The molecular weight excluding hydrogens is 731 g/mol. The maximum Gasteiger partial charge on any atom is 0.269 e. The molecule has 4 fully saturated rings. The molecule has 2 atom stereocenters. The molecule has 8 rings (SSSR count). The number of nitrogens with one attached hydrogen (secondary N) is 2. The predicted octanol–water partition coefficient (Wildman–Crippen LogP) is 1.01. The first-order valence-corrected chi connectivity index (χ1v) is 20.0. The number of nitrogens with two attached hydrogens (primary N) is 1. The third kappa shape index (κ3) is 8.10. The van der Waals surface area contributed by atoms with Crippen molar-refractivity contribution in [3.05, 3.63) is 64.9 Å². The van der Waals surface area contributed by atoms with Crippen LogP contribution in [0.1, 0.15) is 93.8 Å². The van der Waals surface area contributed by atoms with Crippen molar-refractivity contribution in [2.45, 2.75) is 69.9 Å². The quantitative estimate of drug-likeness (QED) is 0.247. The van der Waals surface area contributed by atoms with Crippen molar-refractivity contribution in [3.8, 4) is 0 Å². The first-order valence-electron chi connectivity index (χ1n) is 20.0. The van der Waals surface area contributed by atoms with E-state index >= 15 is 0 Å². The number of aromatic nitrogens is 4. The molecule has 17 heteroatoms. The number of primary amides is 1. The molecule has 4 saturated heterocycles. The summed E-state index contributed by atoms with van der Waals surface area (Å²) in [7, 11) is 1.83. The lowest BCUT2D eigenvalue weighted by Gasteiger charge is -2.39. The fourth-order valence-corrected chi connectivity index (χ4v) is 9.05. The molecule has 0 aliphatic carbocycles. The minimum atomic E-state index is -0.979. The Labute approximate surface area is 330 Å². The van der Waals surface area contributed by atoms with Crippen LogP contribution in [0.25, 0.3) is 0 Å². The van der Waals surface area contributed by atoms with Crippen LogP contribution >= 0.6 is 0 Å². The molecule has 4 N–H and O–H groups in total. The Morgan fingerprint density at radius 3 is 2.40 bits per heavy atom. The van der Waals surface area contributed by atoms with Crippen LogP contribution in [0.15, 0.2) is 36.8 Å². The van der Waals surface area contributed by atoms with Gasteiger partial charge < -0.3 is 25.8 Å². The molecule has 1 unspecified atom stereocenters. The van der Waals surface area contributed by atoms with Crippen LogP contribution in [0.2, 0.25) is 0 Å². The first kappa shape index (κ1) is 38.2. The van der Waals surface area contributed by atoms with Crippen molar-refractivity contribution in [1.82, 2.24) is 40.2 Å². The lowest BCUT2D eigenvalue weighted by atomic mass is 9.91. The predicted molar refractivity (Wildman–Crippen MR) is 207 cm³/mol. The van der Waals surface area contributed by atoms with Crippen molar-refractivity contribution in [3.63, 3.8) is 0 Å². The Bertz CT molecular complexity index is 2090. The van der Waals surface area contributed by atoms with Crippen molar-refractivity contribution < 1.29 is 28.8 Å². The van der Waals surface area contributed by atoms with Gasteiger partial charge >= 0.3 is 0 Å². The van der Waals surface area contributed by atoms with Gasteiger partial charge in [-0.2, -0.15) is 5.10 Å². The van der Waals surface area contributed by atoms with Gasteiger partial charge in [0.15, 0.2) is 0 Å². The zero-order valence-electron chi connectivity index (χ0n) is 32.2. The lowest BCUT2D eigenvalue weighted by Crippen LogP contribution is -2.54. The number of nitrogens with zero attached hydrogens (tertiary/aromatic N) is 8. The maximum atomic E-state index is 13.5. The Kier molecular flexibility index (Phi) is 10.7. The highest BCUT2D eigenvalue weighted by Gasteiger charge is 2.45. The largest absolute Gasteiger partial charge is 0.371 e. The molecule has 300 valence electrons. The molecule has 5 aliphatic heterocycles. The molecule has 57 heavy (non-hydrogen) atoms. The van der Waals surface area contributed by atoms with E-state index in [2.05, 4.69) is 35.4 Å². The van der Waals surface area contributed by atoms with E-state index in [9.17, 15) is 28.8 Å². The van der Waals surface area contributed by atoms with E-state index in [4.69, 9.17) is 10.7 Å². The molecule has 6 amide bonds. The van der Waals surface area contributed by atoms with Crippen LogP contribution in [-0.2, 0) is 27.9 Å². The summed E-state index contributed by atoms with van der Waals surface area (Å²) in [6.07, 6.45) is 11.2. The molecule has 0 bridgehead atoms. The van der Waals surface area contributed by atoms with Crippen LogP contribution in [0.5, 0.6) is 0 Å². The Morgan fingerprint density at radius 2 is 1.68 bits per heavy atom. The van der Waals surface area contributed by atoms with Gasteiger partial charge in [-0.25, -0.2) is 9.97 Å². The summed E-state index contributed by atoms with van der Waals surface area (Å²) >= 11 is 0. The summed E-state index contributed by atoms with van der Waals surface area (Å²) in [5, 5.41) is 9.78. The second-order valence-electron chi connectivity index (χ2n) is 16.1. The van der Waals surface area contributed by atoms with Crippen molar-refractivity contribution in [2.24, 2.45) is 24.6 Å². The molecule has 17 nitrogen and oxygen atoms in total. The number of carbonyl (C=O) groups is 6. The van der Waals surface area contributed by atoms with Crippen molar-refractivity contribution in [1.29, 1.82) is 0 Å². The number of likely N-dealkylation sites (tertiary alicyclic amines) is 1. The summed E-state index contributed by atoms with van der Waals surface area (Å²) in [5.41, 5.74) is 8.65. The molecular formula is C40H49N11O6. The lowest BCUT2D eigenvalue weighted by molar-refractivity contribution is -0.136. The molecule has 5 aliphatic rings. The number of imide groups is 2. The number of anilines is 2. The van der Waals surface area contributed by atoms with Crippen LogP contribution in [-0.4, -0.2) is 123 Å². The average Bonchev–Trinajstić information content (AvgIpc) is 3.73. The Balaban J connectivity index is 0.789. The molecule has 1 aromatic carbocycles. The van der Waals surface area contributed by atoms with Crippen LogP contribution in [0.4, 0.5) is 11.5 Å². The van der Waals surface area contributed by atoms with E-state index in [1.165, 1.54) is 0 Å². The first-order chi connectivity index (χ1) is 27.5. The van der Waals surface area contributed by atoms with Crippen molar-refractivity contribution in [2.75, 3.05) is 55.6 Å². The van der Waals surface area contributed by atoms with Gasteiger partial charge in [-0.3, -0.25) is 43.7 Å². The summed E-state index contributed by atoms with van der Waals surface area (Å²) in [5.74, 6) is -1.36. The summed E-state index contributed by atoms with van der Waals surface area (Å²) in [6, 6.07) is 4.32. The number of amides is 6. The fourth-order valence-electron chi connectivity index (χ4n) is 9.05. The monoisotopic (exact) mass is 779 g/mol. The number of carbonyl (C=O) groups excluding carboxylic acids is 6. The fraction of sp³-hybridized carbons (Fsp3) is 0.525. The number of fused-ring (bicyclic) bond motifs is 1. The average molecular weight is 780 g/mol. The molecule has 3 aromatic rings. The highest BCUT2D eigenvalue weighted by molar-refractivity contribution is 6.23.